The molecule has 136 valence electrons. The van der Waals surface area contributed by atoms with Gasteiger partial charge in [0.05, 0.1) is 13.0 Å². The summed E-state index contributed by atoms with van der Waals surface area (Å²) in [6.07, 6.45) is 6.15. The summed E-state index contributed by atoms with van der Waals surface area (Å²) in [7, 11) is 2.00. The molecular weight excluding hydrogens is 326 g/mol. The quantitative estimate of drug-likeness (QED) is 0.631. The SMILES string of the molecule is CCCCOc1ncccc1CNC(=O)Cc1cn(C)c2ccccc12. The second-order valence-electron chi connectivity index (χ2n) is 6.41. The lowest BCUT2D eigenvalue weighted by Gasteiger charge is -2.10. The number of unbranched alkanes of at least 4 members (excludes halogenated alkanes) is 1. The van der Waals surface area contributed by atoms with Crippen LogP contribution in [0.2, 0.25) is 0 Å². The second kappa shape index (κ2) is 8.52. The first-order valence-electron chi connectivity index (χ1n) is 9.05. The number of nitrogens with zero attached hydrogens (tertiary/aromatic N) is 2. The van der Waals surface area contributed by atoms with Gasteiger partial charge in [-0.1, -0.05) is 37.6 Å². The number of carbonyl (C=O) groups excluding carboxylic acids is 1. The standard InChI is InChI=1S/C21H25N3O2/c1-3-4-12-26-21-16(8-7-11-22-21)14-23-20(25)13-17-15-24(2)19-10-6-5-9-18(17)19/h5-11,15H,3-4,12-14H2,1-2H3,(H,23,25). The minimum Gasteiger partial charge on any atom is -0.477 e. The van der Waals surface area contributed by atoms with Gasteiger partial charge in [-0.2, -0.15) is 0 Å². The summed E-state index contributed by atoms with van der Waals surface area (Å²) in [6.45, 7) is 3.18. The highest BCUT2D eigenvalue weighted by Gasteiger charge is 2.11. The third-order valence-electron chi connectivity index (χ3n) is 4.39. The number of benzene rings is 1. The Balaban J connectivity index is 1.62. The number of pyridine rings is 1. The average molecular weight is 351 g/mol. The van der Waals surface area contributed by atoms with E-state index in [1.807, 2.05) is 37.5 Å². The highest BCUT2D eigenvalue weighted by molar-refractivity contribution is 5.89. The van der Waals surface area contributed by atoms with Crippen molar-refractivity contribution < 1.29 is 9.53 Å². The maximum Gasteiger partial charge on any atom is 0.224 e. The Morgan fingerprint density at radius 2 is 2.04 bits per heavy atom. The summed E-state index contributed by atoms with van der Waals surface area (Å²) in [5, 5.41) is 4.10. The minimum absolute atomic E-state index is 0.00952. The van der Waals surface area contributed by atoms with E-state index in [0.717, 1.165) is 34.9 Å². The number of amides is 1. The van der Waals surface area contributed by atoms with Crippen molar-refractivity contribution in [1.82, 2.24) is 14.9 Å². The van der Waals surface area contributed by atoms with Crippen LogP contribution in [0.25, 0.3) is 10.9 Å². The van der Waals surface area contributed by atoms with Crippen LogP contribution in [0.15, 0.2) is 48.8 Å². The van der Waals surface area contributed by atoms with Crippen LogP contribution in [0.3, 0.4) is 0 Å². The van der Waals surface area contributed by atoms with Crippen LogP contribution in [-0.2, 0) is 24.8 Å². The van der Waals surface area contributed by atoms with Crippen molar-refractivity contribution in [2.24, 2.45) is 7.05 Å². The molecule has 1 N–H and O–H groups in total. The molecule has 0 saturated heterocycles. The average Bonchev–Trinajstić information content (AvgIpc) is 2.97. The maximum atomic E-state index is 12.4. The van der Waals surface area contributed by atoms with Crippen molar-refractivity contribution >= 4 is 16.8 Å². The monoisotopic (exact) mass is 351 g/mol. The highest BCUT2D eigenvalue weighted by atomic mass is 16.5. The fourth-order valence-corrected chi connectivity index (χ4v) is 3.00. The molecule has 5 heteroatoms. The van der Waals surface area contributed by atoms with Crippen molar-refractivity contribution in [3.63, 3.8) is 0 Å². The molecule has 0 aliphatic heterocycles. The van der Waals surface area contributed by atoms with Crippen molar-refractivity contribution in [3.8, 4) is 5.88 Å². The van der Waals surface area contributed by atoms with Gasteiger partial charge in [0.25, 0.3) is 0 Å². The molecule has 3 rings (SSSR count). The molecule has 2 heterocycles. The van der Waals surface area contributed by atoms with Crippen molar-refractivity contribution in [2.45, 2.75) is 32.7 Å². The Labute approximate surface area is 154 Å². The number of fused-ring (bicyclic) bond motifs is 1. The lowest BCUT2D eigenvalue weighted by molar-refractivity contribution is -0.120. The van der Waals surface area contributed by atoms with Gasteiger partial charge in [0.1, 0.15) is 0 Å². The van der Waals surface area contributed by atoms with Crippen molar-refractivity contribution in [2.75, 3.05) is 6.61 Å². The van der Waals surface area contributed by atoms with Gasteiger partial charge in [0.15, 0.2) is 0 Å². The van der Waals surface area contributed by atoms with Crippen LogP contribution < -0.4 is 10.1 Å². The zero-order valence-corrected chi connectivity index (χ0v) is 15.4. The third kappa shape index (κ3) is 4.23. The van der Waals surface area contributed by atoms with Crippen LogP contribution >= 0.6 is 0 Å². The molecule has 26 heavy (non-hydrogen) atoms. The number of carbonyl (C=O) groups is 1. The molecule has 0 aliphatic rings. The van der Waals surface area contributed by atoms with Crippen LogP contribution in [0.5, 0.6) is 5.88 Å². The topological polar surface area (TPSA) is 56.1 Å². The maximum absolute atomic E-state index is 12.4. The predicted octanol–water partition coefficient (Wildman–Crippen LogP) is 3.61. The highest BCUT2D eigenvalue weighted by Crippen LogP contribution is 2.21. The Morgan fingerprint density at radius 1 is 1.19 bits per heavy atom. The molecule has 0 radical (unpaired) electrons. The van der Waals surface area contributed by atoms with E-state index in [-0.39, 0.29) is 5.91 Å². The number of aryl methyl sites for hydroxylation is 1. The van der Waals surface area contributed by atoms with Crippen LogP contribution in [-0.4, -0.2) is 22.1 Å². The van der Waals surface area contributed by atoms with Crippen LogP contribution in [0, 0.1) is 0 Å². The smallest absolute Gasteiger partial charge is 0.224 e. The number of para-hydroxylation sites is 1. The van der Waals surface area contributed by atoms with Gasteiger partial charge in [-0.15, -0.1) is 0 Å². The Bertz CT molecular complexity index is 886. The fourth-order valence-electron chi connectivity index (χ4n) is 3.00. The second-order valence-corrected chi connectivity index (χ2v) is 6.41. The van der Waals surface area contributed by atoms with Gasteiger partial charge in [-0.3, -0.25) is 4.79 Å². The summed E-state index contributed by atoms with van der Waals surface area (Å²) in [5.41, 5.74) is 3.07. The summed E-state index contributed by atoms with van der Waals surface area (Å²) in [4.78, 5) is 16.7. The molecule has 2 aromatic heterocycles. The molecule has 0 saturated carbocycles. The lowest BCUT2D eigenvalue weighted by atomic mass is 10.1. The first-order chi connectivity index (χ1) is 12.7. The molecule has 5 nitrogen and oxygen atoms in total. The number of ether oxygens (including phenoxy) is 1. The van der Waals surface area contributed by atoms with Gasteiger partial charge in [0, 0.05) is 42.5 Å². The predicted molar refractivity (Wildman–Crippen MR) is 103 cm³/mol. The zero-order valence-electron chi connectivity index (χ0n) is 15.4. The van der Waals surface area contributed by atoms with Crippen molar-refractivity contribution in [1.29, 1.82) is 0 Å². The van der Waals surface area contributed by atoms with E-state index in [1.54, 1.807) is 6.20 Å². The first kappa shape index (κ1) is 18.0. The van der Waals surface area contributed by atoms with E-state index < -0.39 is 0 Å². The van der Waals surface area contributed by atoms with Crippen molar-refractivity contribution in [3.05, 3.63) is 59.9 Å². The molecule has 0 atom stereocenters. The van der Waals surface area contributed by atoms with E-state index in [9.17, 15) is 4.79 Å². The minimum atomic E-state index is -0.00952. The molecule has 1 amide bonds. The third-order valence-corrected chi connectivity index (χ3v) is 4.39. The van der Waals surface area contributed by atoms with Gasteiger partial charge in [-0.05, 0) is 24.1 Å². The van der Waals surface area contributed by atoms with Crippen LogP contribution in [0.1, 0.15) is 30.9 Å². The summed E-state index contributed by atoms with van der Waals surface area (Å²) < 4.78 is 7.78. The Morgan fingerprint density at radius 3 is 2.88 bits per heavy atom. The van der Waals surface area contributed by atoms with Gasteiger partial charge in [0.2, 0.25) is 11.8 Å². The normalized spacial score (nSPS) is 10.8. The van der Waals surface area contributed by atoms with Gasteiger partial charge < -0.3 is 14.6 Å². The van der Waals surface area contributed by atoms with Crippen LogP contribution in [0.4, 0.5) is 0 Å². The van der Waals surface area contributed by atoms with E-state index in [0.29, 0.717) is 25.5 Å². The summed E-state index contributed by atoms with van der Waals surface area (Å²) in [6, 6.07) is 11.9. The summed E-state index contributed by atoms with van der Waals surface area (Å²) in [5.74, 6) is 0.594. The Kier molecular flexibility index (Phi) is 5.89. The van der Waals surface area contributed by atoms with Gasteiger partial charge >= 0.3 is 0 Å². The number of aromatic nitrogens is 2. The number of hydrogen-bond donors (Lipinski definition) is 1. The zero-order chi connectivity index (χ0) is 18.4. The Hall–Kier alpha value is -2.82. The molecule has 0 unspecified atom stereocenters. The van der Waals surface area contributed by atoms with Gasteiger partial charge in [-0.25, -0.2) is 4.98 Å². The molecule has 0 fully saturated rings. The van der Waals surface area contributed by atoms with E-state index in [4.69, 9.17) is 4.74 Å². The fraction of sp³-hybridized carbons (Fsp3) is 0.333. The number of rotatable bonds is 8. The summed E-state index contributed by atoms with van der Waals surface area (Å²) >= 11 is 0. The number of hydrogen-bond acceptors (Lipinski definition) is 3. The molecule has 1 aromatic carbocycles. The molecule has 0 aliphatic carbocycles. The van der Waals surface area contributed by atoms with E-state index in [1.165, 1.54) is 0 Å². The van der Waals surface area contributed by atoms with E-state index >= 15 is 0 Å². The van der Waals surface area contributed by atoms with E-state index in [2.05, 4.69) is 33.9 Å². The first-order valence-corrected chi connectivity index (χ1v) is 9.05. The molecule has 3 aromatic rings. The largest absolute Gasteiger partial charge is 0.477 e. The molecule has 0 spiro atoms. The lowest BCUT2D eigenvalue weighted by Crippen LogP contribution is -2.25. The number of nitrogens with one attached hydrogen (secondary N) is 1. The molecular formula is C21H25N3O2. The molecule has 0 bridgehead atoms.